The first kappa shape index (κ1) is 23.4. The molecule has 4 aromatic carbocycles. The summed E-state index contributed by atoms with van der Waals surface area (Å²) in [6.07, 6.45) is 0.899. The number of anilines is 1. The molecular weight excluding hydrogens is 494 g/mol. The monoisotopic (exact) mass is 517 g/mol. The Labute approximate surface area is 225 Å². The Morgan fingerprint density at radius 1 is 0.730 bits per heavy atom. The fourth-order valence-electron chi connectivity index (χ4n) is 4.71. The van der Waals surface area contributed by atoms with Crippen LogP contribution >= 0.6 is 22.9 Å². The molecule has 2 aromatic heterocycles. The van der Waals surface area contributed by atoms with Crippen molar-refractivity contribution in [3.05, 3.63) is 136 Å². The van der Waals surface area contributed by atoms with E-state index in [4.69, 9.17) is 11.6 Å². The number of nitrogens with one attached hydrogen (secondary N) is 1. The fourth-order valence-corrected chi connectivity index (χ4v) is 5.70. The molecule has 0 bridgehead atoms. The predicted octanol–water partition coefficient (Wildman–Crippen LogP) is 9.07. The first-order valence-electron chi connectivity index (χ1n) is 12.2. The van der Waals surface area contributed by atoms with Crippen LogP contribution in [-0.2, 0) is 6.42 Å². The summed E-state index contributed by atoms with van der Waals surface area (Å²) in [7, 11) is 0. The van der Waals surface area contributed by atoms with Crippen LogP contribution in [0.15, 0.2) is 121 Å². The number of benzene rings is 4. The van der Waals surface area contributed by atoms with Gasteiger partial charge in [-0.25, -0.2) is 0 Å². The number of hydrogen-bond donors (Lipinski definition) is 1. The lowest BCUT2D eigenvalue weighted by atomic mass is 9.95. The summed E-state index contributed by atoms with van der Waals surface area (Å²) in [6.45, 7) is 0. The van der Waals surface area contributed by atoms with Crippen LogP contribution in [0.25, 0.3) is 33.3 Å². The quantitative estimate of drug-likeness (QED) is 0.229. The van der Waals surface area contributed by atoms with Gasteiger partial charge in [-0.3, -0.25) is 0 Å². The van der Waals surface area contributed by atoms with Crippen LogP contribution in [0.2, 0.25) is 5.02 Å². The maximum absolute atomic E-state index is 6.54. The summed E-state index contributed by atoms with van der Waals surface area (Å²) in [4.78, 5) is 1.31. The van der Waals surface area contributed by atoms with Crippen molar-refractivity contribution in [1.82, 2.24) is 10.2 Å². The topological polar surface area (TPSA) is 37.8 Å². The molecule has 180 valence electrons. The summed E-state index contributed by atoms with van der Waals surface area (Å²) in [5.41, 5.74) is 7.01. The molecule has 1 atom stereocenters. The van der Waals surface area contributed by atoms with Crippen molar-refractivity contribution in [2.24, 2.45) is 0 Å². The van der Waals surface area contributed by atoms with Crippen molar-refractivity contribution in [3.63, 3.8) is 0 Å². The maximum atomic E-state index is 6.54. The zero-order valence-electron chi connectivity index (χ0n) is 20.0. The molecule has 1 N–H and O–H groups in total. The lowest BCUT2D eigenvalue weighted by molar-refractivity contribution is 0.791. The molecule has 0 aliphatic rings. The number of rotatable bonds is 7. The Balaban J connectivity index is 1.44. The average Bonchev–Trinajstić information content (AvgIpc) is 3.49. The van der Waals surface area contributed by atoms with Gasteiger partial charge in [-0.05, 0) is 47.2 Å². The molecule has 0 spiro atoms. The molecule has 0 saturated carbocycles. The highest BCUT2D eigenvalue weighted by Gasteiger charge is 2.18. The second-order valence-electron chi connectivity index (χ2n) is 8.91. The van der Waals surface area contributed by atoms with Gasteiger partial charge in [0.05, 0.1) is 11.1 Å². The van der Waals surface area contributed by atoms with E-state index < -0.39 is 0 Å². The molecule has 0 radical (unpaired) electrons. The minimum atomic E-state index is 0.160. The van der Waals surface area contributed by atoms with Crippen molar-refractivity contribution in [3.8, 4) is 22.4 Å². The Hall–Kier alpha value is -3.99. The van der Waals surface area contributed by atoms with Gasteiger partial charge in [0.15, 0.2) is 0 Å². The highest BCUT2D eigenvalue weighted by atomic mass is 35.5. The number of thiophene rings is 1. The van der Waals surface area contributed by atoms with Crippen LogP contribution < -0.4 is 5.32 Å². The van der Waals surface area contributed by atoms with E-state index in [1.54, 1.807) is 11.3 Å². The first-order chi connectivity index (χ1) is 18.3. The van der Waals surface area contributed by atoms with E-state index in [2.05, 4.69) is 106 Å². The van der Waals surface area contributed by atoms with Crippen molar-refractivity contribution in [2.45, 2.75) is 12.5 Å². The van der Waals surface area contributed by atoms with Crippen LogP contribution in [0, 0.1) is 0 Å². The van der Waals surface area contributed by atoms with Gasteiger partial charge in [0.25, 0.3) is 0 Å². The van der Waals surface area contributed by atoms with Crippen molar-refractivity contribution >= 4 is 39.5 Å². The van der Waals surface area contributed by atoms with E-state index in [1.807, 2.05) is 30.3 Å². The van der Waals surface area contributed by atoms with Gasteiger partial charge in [-0.1, -0.05) is 103 Å². The van der Waals surface area contributed by atoms with Gasteiger partial charge in [0.1, 0.15) is 11.2 Å². The minimum Gasteiger partial charge on any atom is -0.377 e. The van der Waals surface area contributed by atoms with Crippen LogP contribution in [0.3, 0.4) is 0 Å². The smallest absolute Gasteiger partial charge is 0.112 e. The number of fused-ring (bicyclic) bond motifs is 1. The van der Waals surface area contributed by atoms with E-state index in [0.29, 0.717) is 10.5 Å². The second-order valence-corrected chi connectivity index (χ2v) is 10.3. The Morgan fingerprint density at radius 2 is 1.49 bits per heavy atom. The highest BCUT2D eigenvalue weighted by Crippen LogP contribution is 2.38. The normalized spacial score (nSPS) is 11.9. The maximum Gasteiger partial charge on any atom is 0.112 e. The van der Waals surface area contributed by atoms with E-state index in [1.165, 1.54) is 10.4 Å². The molecule has 2 heterocycles. The second kappa shape index (κ2) is 10.6. The van der Waals surface area contributed by atoms with Gasteiger partial charge in [0.2, 0.25) is 0 Å². The van der Waals surface area contributed by atoms with Crippen LogP contribution in [0.4, 0.5) is 5.69 Å². The van der Waals surface area contributed by atoms with Crippen LogP contribution in [0.5, 0.6) is 0 Å². The summed E-state index contributed by atoms with van der Waals surface area (Å²) in [5, 5.41) is 16.7. The number of halogens is 1. The number of nitrogens with zero attached hydrogens (tertiary/aromatic N) is 2. The molecule has 1 unspecified atom stereocenters. The predicted molar refractivity (Wildman–Crippen MR) is 156 cm³/mol. The summed E-state index contributed by atoms with van der Waals surface area (Å²) < 4.78 is 0. The molecule has 0 saturated heterocycles. The highest BCUT2D eigenvalue weighted by molar-refractivity contribution is 7.10. The summed E-state index contributed by atoms with van der Waals surface area (Å²) in [6, 6.07) is 39.7. The van der Waals surface area contributed by atoms with Crippen LogP contribution in [0.1, 0.15) is 16.5 Å². The molecular formula is C32H24ClN3S. The SMILES string of the molecule is Clc1cccc2c(-c3cccc(NC(Cc4ccccc4)c4cccs4)c3)c(-c3ccccc3)nnc12. The van der Waals surface area contributed by atoms with E-state index in [-0.39, 0.29) is 6.04 Å². The molecule has 0 amide bonds. The van der Waals surface area contributed by atoms with Crippen molar-refractivity contribution in [1.29, 1.82) is 0 Å². The van der Waals surface area contributed by atoms with Gasteiger partial charge in [0, 0.05) is 27.1 Å². The summed E-state index contributed by atoms with van der Waals surface area (Å²) in [5.74, 6) is 0. The zero-order valence-corrected chi connectivity index (χ0v) is 21.6. The third-order valence-corrected chi connectivity index (χ3v) is 7.74. The molecule has 3 nitrogen and oxygen atoms in total. The molecule has 5 heteroatoms. The Morgan fingerprint density at radius 3 is 2.27 bits per heavy atom. The molecule has 0 aliphatic carbocycles. The van der Waals surface area contributed by atoms with E-state index in [9.17, 15) is 0 Å². The molecule has 6 rings (SSSR count). The van der Waals surface area contributed by atoms with Gasteiger partial charge in [-0.2, -0.15) is 0 Å². The van der Waals surface area contributed by atoms with Crippen LogP contribution in [-0.4, -0.2) is 10.2 Å². The standard InChI is InChI=1S/C32H24ClN3S/c33-27-17-8-16-26-30(31(35-36-32(26)27)23-12-5-2-6-13-23)24-14-7-15-25(21-24)34-28(29-18-9-19-37-29)20-22-10-3-1-4-11-22/h1-19,21,28,34H,20H2. The Bertz CT molecular complexity index is 1630. The van der Waals surface area contributed by atoms with E-state index in [0.717, 1.165) is 39.9 Å². The van der Waals surface area contributed by atoms with Gasteiger partial charge < -0.3 is 5.32 Å². The van der Waals surface area contributed by atoms with Gasteiger partial charge in [-0.15, -0.1) is 21.5 Å². The van der Waals surface area contributed by atoms with Gasteiger partial charge >= 0.3 is 0 Å². The average molecular weight is 518 g/mol. The first-order valence-corrected chi connectivity index (χ1v) is 13.5. The Kier molecular flexibility index (Phi) is 6.68. The molecule has 6 aromatic rings. The van der Waals surface area contributed by atoms with Crippen molar-refractivity contribution < 1.29 is 0 Å². The fraction of sp³-hybridized carbons (Fsp3) is 0.0625. The molecule has 0 fully saturated rings. The molecule has 37 heavy (non-hydrogen) atoms. The van der Waals surface area contributed by atoms with E-state index >= 15 is 0 Å². The summed E-state index contributed by atoms with van der Waals surface area (Å²) >= 11 is 8.31. The number of aromatic nitrogens is 2. The lowest BCUT2D eigenvalue weighted by Crippen LogP contribution is -2.12. The lowest BCUT2D eigenvalue weighted by Gasteiger charge is -2.20. The molecule has 0 aliphatic heterocycles. The number of hydrogen-bond acceptors (Lipinski definition) is 4. The third-order valence-electron chi connectivity index (χ3n) is 6.45. The third kappa shape index (κ3) is 4.99. The zero-order chi connectivity index (χ0) is 25.0. The van der Waals surface area contributed by atoms with Crippen molar-refractivity contribution in [2.75, 3.05) is 5.32 Å². The minimum absolute atomic E-state index is 0.160. The largest absolute Gasteiger partial charge is 0.377 e.